The molecule has 7 heteroatoms. The van der Waals surface area contributed by atoms with Crippen molar-refractivity contribution in [2.75, 3.05) is 13.7 Å². The standard InChI is InChI=1S/C27H24N2O4S/c1-3-32-26(31)20-13-15-22(16-14-20)28-27-29(2)25(30)24(34-27)17-21-11-7-8-12-23(21)33-18-19-9-5-4-6-10-19/h4-17H,3,18H2,1-2H3. The lowest BCUT2D eigenvalue weighted by atomic mass is 10.2. The van der Waals surface area contributed by atoms with Crippen LogP contribution in [0.4, 0.5) is 5.69 Å². The summed E-state index contributed by atoms with van der Waals surface area (Å²) in [6, 6.07) is 24.3. The van der Waals surface area contributed by atoms with Crippen LogP contribution >= 0.6 is 11.8 Å². The molecule has 1 saturated heterocycles. The number of ether oxygens (including phenoxy) is 2. The van der Waals surface area contributed by atoms with Crippen molar-refractivity contribution in [3.8, 4) is 5.75 Å². The van der Waals surface area contributed by atoms with Crippen molar-refractivity contribution < 1.29 is 19.1 Å². The Morgan fingerprint density at radius 3 is 2.44 bits per heavy atom. The third-order valence-electron chi connectivity index (χ3n) is 5.05. The second-order valence-corrected chi connectivity index (χ2v) is 8.46. The van der Waals surface area contributed by atoms with Crippen LogP contribution in [0, 0.1) is 0 Å². The van der Waals surface area contributed by atoms with E-state index in [1.165, 1.54) is 16.7 Å². The van der Waals surface area contributed by atoms with Gasteiger partial charge in [-0.15, -0.1) is 0 Å². The molecule has 0 bridgehead atoms. The molecule has 1 heterocycles. The Morgan fingerprint density at radius 1 is 1.00 bits per heavy atom. The third kappa shape index (κ3) is 5.55. The largest absolute Gasteiger partial charge is 0.488 e. The molecule has 4 rings (SSSR count). The molecule has 1 aliphatic rings. The number of hydrogen-bond donors (Lipinski definition) is 0. The highest BCUT2D eigenvalue weighted by Crippen LogP contribution is 2.34. The van der Waals surface area contributed by atoms with E-state index >= 15 is 0 Å². The van der Waals surface area contributed by atoms with Gasteiger partial charge in [-0.1, -0.05) is 48.5 Å². The number of amidine groups is 1. The summed E-state index contributed by atoms with van der Waals surface area (Å²) in [5, 5.41) is 0.558. The summed E-state index contributed by atoms with van der Waals surface area (Å²) in [4.78, 5) is 31.4. The van der Waals surface area contributed by atoms with Crippen molar-refractivity contribution in [1.82, 2.24) is 4.90 Å². The number of rotatable bonds is 7. The molecule has 1 fully saturated rings. The summed E-state index contributed by atoms with van der Waals surface area (Å²) in [7, 11) is 1.69. The third-order valence-corrected chi connectivity index (χ3v) is 6.11. The minimum Gasteiger partial charge on any atom is -0.488 e. The van der Waals surface area contributed by atoms with Gasteiger partial charge in [-0.25, -0.2) is 9.79 Å². The summed E-state index contributed by atoms with van der Waals surface area (Å²) in [5.41, 5.74) is 2.99. The van der Waals surface area contributed by atoms with E-state index in [1.54, 1.807) is 38.2 Å². The highest BCUT2D eigenvalue weighted by atomic mass is 32.2. The lowest BCUT2D eigenvalue weighted by molar-refractivity contribution is -0.121. The first-order chi connectivity index (χ1) is 16.5. The van der Waals surface area contributed by atoms with Crippen LogP contribution in [-0.4, -0.2) is 35.6 Å². The van der Waals surface area contributed by atoms with E-state index in [-0.39, 0.29) is 11.9 Å². The number of carbonyl (C=O) groups is 2. The number of nitrogens with zero attached hydrogens (tertiary/aromatic N) is 2. The minimum absolute atomic E-state index is 0.134. The number of para-hydroxylation sites is 1. The Labute approximate surface area is 202 Å². The van der Waals surface area contributed by atoms with Gasteiger partial charge in [0.15, 0.2) is 5.17 Å². The monoisotopic (exact) mass is 472 g/mol. The van der Waals surface area contributed by atoms with Crippen molar-refractivity contribution in [2.45, 2.75) is 13.5 Å². The maximum atomic E-state index is 12.9. The maximum Gasteiger partial charge on any atom is 0.338 e. The van der Waals surface area contributed by atoms with Crippen LogP contribution in [0.5, 0.6) is 5.75 Å². The van der Waals surface area contributed by atoms with Crippen LogP contribution in [0.3, 0.4) is 0 Å². The average molecular weight is 473 g/mol. The number of amides is 1. The summed E-state index contributed by atoms with van der Waals surface area (Å²) in [6.07, 6.45) is 1.83. The van der Waals surface area contributed by atoms with Crippen LogP contribution in [0.25, 0.3) is 6.08 Å². The quantitative estimate of drug-likeness (QED) is 0.327. The molecule has 0 unspecified atom stereocenters. The Morgan fingerprint density at radius 2 is 1.71 bits per heavy atom. The molecule has 1 aliphatic heterocycles. The van der Waals surface area contributed by atoms with Crippen LogP contribution < -0.4 is 4.74 Å². The number of likely N-dealkylation sites (N-methyl/N-ethyl adjacent to an activating group) is 1. The van der Waals surface area contributed by atoms with Crippen molar-refractivity contribution in [2.24, 2.45) is 4.99 Å². The van der Waals surface area contributed by atoms with Gasteiger partial charge in [0.1, 0.15) is 12.4 Å². The normalized spacial score (nSPS) is 15.7. The molecule has 0 atom stereocenters. The van der Waals surface area contributed by atoms with E-state index in [0.717, 1.165) is 11.1 Å². The fourth-order valence-electron chi connectivity index (χ4n) is 3.26. The fourth-order valence-corrected chi connectivity index (χ4v) is 4.23. The lowest BCUT2D eigenvalue weighted by Crippen LogP contribution is -2.23. The molecule has 34 heavy (non-hydrogen) atoms. The first kappa shape index (κ1) is 23.3. The van der Waals surface area contributed by atoms with Crippen LogP contribution in [0.15, 0.2) is 88.8 Å². The summed E-state index contributed by atoms with van der Waals surface area (Å²) >= 11 is 1.30. The Bertz CT molecular complexity index is 1240. The summed E-state index contributed by atoms with van der Waals surface area (Å²) in [5.74, 6) is 0.196. The molecular formula is C27H24N2O4S. The van der Waals surface area contributed by atoms with E-state index < -0.39 is 0 Å². The molecular weight excluding hydrogens is 448 g/mol. The molecule has 0 aromatic heterocycles. The first-order valence-electron chi connectivity index (χ1n) is 10.8. The molecule has 3 aromatic carbocycles. The molecule has 172 valence electrons. The molecule has 0 radical (unpaired) electrons. The topological polar surface area (TPSA) is 68.2 Å². The second kappa shape index (κ2) is 10.9. The predicted octanol–water partition coefficient (Wildman–Crippen LogP) is 5.68. The number of esters is 1. The SMILES string of the molecule is CCOC(=O)c1ccc(N=C2SC(=Cc3ccccc3OCc3ccccc3)C(=O)N2C)cc1. The Kier molecular flexibility index (Phi) is 7.44. The number of benzene rings is 3. The van der Waals surface area contributed by atoms with Gasteiger partial charge < -0.3 is 9.47 Å². The number of carbonyl (C=O) groups excluding carboxylic acids is 2. The van der Waals surface area contributed by atoms with Gasteiger partial charge in [0.05, 0.1) is 22.8 Å². The van der Waals surface area contributed by atoms with Crippen molar-refractivity contribution in [3.05, 3.63) is 100 Å². The zero-order chi connectivity index (χ0) is 23.9. The zero-order valence-corrected chi connectivity index (χ0v) is 19.7. The molecule has 6 nitrogen and oxygen atoms in total. The molecule has 0 aliphatic carbocycles. The predicted molar refractivity (Wildman–Crippen MR) is 135 cm³/mol. The summed E-state index contributed by atoms with van der Waals surface area (Å²) < 4.78 is 11.0. The Hall–Kier alpha value is -3.84. The van der Waals surface area contributed by atoms with Crippen LogP contribution in [-0.2, 0) is 16.1 Å². The van der Waals surface area contributed by atoms with Crippen molar-refractivity contribution in [3.63, 3.8) is 0 Å². The number of aliphatic imine (C=N–C) groups is 1. The van der Waals surface area contributed by atoms with Gasteiger partial charge in [0, 0.05) is 12.6 Å². The molecule has 3 aromatic rings. The van der Waals surface area contributed by atoms with E-state index in [2.05, 4.69) is 4.99 Å². The van der Waals surface area contributed by atoms with Gasteiger partial charge in [0.25, 0.3) is 5.91 Å². The van der Waals surface area contributed by atoms with Crippen molar-refractivity contribution >= 4 is 40.6 Å². The van der Waals surface area contributed by atoms with Gasteiger partial charge in [-0.2, -0.15) is 0 Å². The van der Waals surface area contributed by atoms with Gasteiger partial charge in [-0.05, 0) is 60.7 Å². The van der Waals surface area contributed by atoms with E-state index in [9.17, 15) is 9.59 Å². The highest BCUT2D eigenvalue weighted by molar-refractivity contribution is 8.18. The highest BCUT2D eigenvalue weighted by Gasteiger charge is 2.30. The smallest absolute Gasteiger partial charge is 0.338 e. The number of hydrogen-bond acceptors (Lipinski definition) is 6. The first-order valence-corrected chi connectivity index (χ1v) is 11.7. The van der Waals surface area contributed by atoms with E-state index in [1.807, 2.05) is 60.7 Å². The lowest BCUT2D eigenvalue weighted by Gasteiger charge is -2.09. The molecule has 0 N–H and O–H groups in total. The minimum atomic E-state index is -0.373. The second-order valence-electron chi connectivity index (χ2n) is 7.45. The fraction of sp³-hybridized carbons (Fsp3) is 0.148. The van der Waals surface area contributed by atoms with E-state index in [0.29, 0.717) is 40.3 Å². The van der Waals surface area contributed by atoms with E-state index in [4.69, 9.17) is 9.47 Å². The molecule has 1 amide bonds. The van der Waals surface area contributed by atoms with Gasteiger partial charge in [-0.3, -0.25) is 9.69 Å². The summed E-state index contributed by atoms with van der Waals surface area (Å²) in [6.45, 7) is 2.53. The van der Waals surface area contributed by atoms with Crippen molar-refractivity contribution in [1.29, 1.82) is 0 Å². The Balaban J connectivity index is 1.51. The van der Waals surface area contributed by atoms with Gasteiger partial charge >= 0.3 is 5.97 Å². The maximum absolute atomic E-state index is 12.9. The molecule has 0 saturated carbocycles. The number of thioether (sulfide) groups is 1. The molecule has 0 spiro atoms. The van der Waals surface area contributed by atoms with Crippen LogP contribution in [0.1, 0.15) is 28.4 Å². The van der Waals surface area contributed by atoms with Gasteiger partial charge in [0.2, 0.25) is 0 Å². The average Bonchev–Trinajstić information content (AvgIpc) is 3.12. The van der Waals surface area contributed by atoms with Crippen LogP contribution in [0.2, 0.25) is 0 Å². The zero-order valence-electron chi connectivity index (χ0n) is 18.9.